The molecule has 0 bridgehead atoms. The van der Waals surface area contributed by atoms with E-state index in [1.807, 2.05) is 36.4 Å². The quantitative estimate of drug-likeness (QED) is 0.320. The molecule has 0 heterocycles. The number of rotatable bonds is 10. The van der Waals surface area contributed by atoms with Crippen molar-refractivity contribution in [1.29, 1.82) is 0 Å². The molecule has 4 nitrogen and oxygen atoms in total. The lowest BCUT2D eigenvalue weighted by atomic mass is 9.91. The molecule has 5 rings (SSSR count). The lowest BCUT2D eigenvalue weighted by Gasteiger charge is -2.17. The Morgan fingerprint density at radius 1 is 1.03 bits per heavy atom. The molecule has 36 heavy (non-hydrogen) atoms. The number of carboxylic acid groups (broad SMARTS) is 1. The average molecular weight is 487 g/mol. The van der Waals surface area contributed by atoms with Gasteiger partial charge in [-0.2, -0.15) is 0 Å². The maximum absolute atomic E-state index is 14.8. The molecule has 0 aliphatic heterocycles. The number of allylic oxidation sites excluding steroid dienone is 2. The van der Waals surface area contributed by atoms with Gasteiger partial charge in [-0.3, -0.25) is 4.79 Å². The Hall–Kier alpha value is -3.60. The van der Waals surface area contributed by atoms with Crippen molar-refractivity contribution in [2.75, 3.05) is 7.11 Å². The van der Waals surface area contributed by atoms with Crippen LogP contribution in [-0.2, 0) is 11.4 Å². The fourth-order valence-corrected chi connectivity index (χ4v) is 5.18. The average Bonchev–Trinajstić information content (AvgIpc) is 3.59. The normalized spacial score (nSPS) is 15.9. The fraction of sp³-hybridized carbons (Fsp3) is 0.323. The van der Waals surface area contributed by atoms with Gasteiger partial charge in [0.25, 0.3) is 0 Å². The van der Waals surface area contributed by atoms with Crippen LogP contribution in [0.5, 0.6) is 11.5 Å². The molecular formula is C31H31FO4. The SMILES string of the molecule is COc1ccc(F)c(-c2ccc(COc3cccc([C@H](CC(=O)O)C4CC4)c3)cc2C2=CCCC2)c1. The Bertz CT molecular complexity index is 1290. The van der Waals surface area contributed by atoms with Crippen molar-refractivity contribution in [1.82, 2.24) is 0 Å². The van der Waals surface area contributed by atoms with Gasteiger partial charge in [-0.15, -0.1) is 0 Å². The molecule has 2 aliphatic carbocycles. The Labute approximate surface area is 211 Å². The summed E-state index contributed by atoms with van der Waals surface area (Å²) in [6.07, 6.45) is 7.66. The molecule has 0 saturated heterocycles. The van der Waals surface area contributed by atoms with E-state index in [9.17, 15) is 14.3 Å². The summed E-state index contributed by atoms with van der Waals surface area (Å²) in [6, 6.07) is 18.7. The molecule has 5 heteroatoms. The summed E-state index contributed by atoms with van der Waals surface area (Å²) >= 11 is 0. The number of benzene rings is 3. The van der Waals surface area contributed by atoms with Crippen molar-refractivity contribution >= 4 is 11.5 Å². The van der Waals surface area contributed by atoms with Gasteiger partial charge in [0.1, 0.15) is 23.9 Å². The summed E-state index contributed by atoms with van der Waals surface area (Å²) in [5.74, 6) is 0.792. The zero-order valence-corrected chi connectivity index (χ0v) is 20.5. The maximum atomic E-state index is 14.8. The molecule has 0 spiro atoms. The van der Waals surface area contributed by atoms with E-state index < -0.39 is 5.97 Å². The third-order valence-electron chi connectivity index (χ3n) is 7.21. The molecule has 0 amide bonds. The molecule has 1 saturated carbocycles. The number of ether oxygens (including phenoxy) is 2. The van der Waals surface area contributed by atoms with Gasteiger partial charge in [0.15, 0.2) is 0 Å². The van der Waals surface area contributed by atoms with Crippen LogP contribution in [0.3, 0.4) is 0 Å². The predicted molar refractivity (Wildman–Crippen MR) is 139 cm³/mol. The molecule has 1 fully saturated rings. The smallest absolute Gasteiger partial charge is 0.303 e. The highest BCUT2D eigenvalue weighted by molar-refractivity contribution is 5.83. The zero-order valence-electron chi connectivity index (χ0n) is 20.5. The molecule has 3 aromatic carbocycles. The molecule has 2 aliphatic rings. The number of aliphatic carboxylic acids is 1. The van der Waals surface area contributed by atoms with E-state index >= 15 is 0 Å². The second-order valence-electron chi connectivity index (χ2n) is 9.75. The highest BCUT2D eigenvalue weighted by Gasteiger charge is 2.33. The number of hydrogen-bond acceptors (Lipinski definition) is 3. The minimum absolute atomic E-state index is 0.0315. The standard InChI is InChI=1S/C31H31FO4/c1-35-24-12-14-30(32)29(17-24)26-13-9-20(15-28(26)21-5-2-3-6-21)19-36-25-8-4-7-23(16-25)27(18-31(33)34)22-10-11-22/h4-5,7-9,12-17,22,27H,2-3,6,10-11,18-19H2,1H3,(H,33,34)/t27-/m1/s1. The van der Waals surface area contributed by atoms with Crippen LogP contribution in [-0.4, -0.2) is 18.2 Å². The summed E-state index contributed by atoms with van der Waals surface area (Å²) < 4.78 is 26.3. The molecule has 186 valence electrons. The number of methoxy groups -OCH3 is 1. The maximum Gasteiger partial charge on any atom is 0.303 e. The van der Waals surface area contributed by atoms with Crippen molar-refractivity contribution in [3.8, 4) is 22.6 Å². The highest BCUT2D eigenvalue weighted by atomic mass is 19.1. The van der Waals surface area contributed by atoms with Crippen LogP contribution in [0.4, 0.5) is 4.39 Å². The second kappa shape index (κ2) is 10.6. The van der Waals surface area contributed by atoms with Gasteiger partial charge in [-0.1, -0.05) is 30.3 Å². The Balaban J connectivity index is 1.40. The van der Waals surface area contributed by atoms with Gasteiger partial charge in [0.05, 0.1) is 13.5 Å². The van der Waals surface area contributed by atoms with Gasteiger partial charge in [-0.25, -0.2) is 4.39 Å². The van der Waals surface area contributed by atoms with Crippen molar-refractivity contribution in [3.05, 3.63) is 89.2 Å². The van der Waals surface area contributed by atoms with Crippen molar-refractivity contribution in [3.63, 3.8) is 0 Å². The first-order valence-corrected chi connectivity index (χ1v) is 12.6. The summed E-state index contributed by atoms with van der Waals surface area (Å²) in [7, 11) is 1.58. The van der Waals surface area contributed by atoms with E-state index in [0.717, 1.165) is 60.1 Å². The van der Waals surface area contributed by atoms with E-state index in [1.54, 1.807) is 19.2 Å². The minimum atomic E-state index is -0.764. The number of halogens is 1. The van der Waals surface area contributed by atoms with Crippen LogP contribution >= 0.6 is 0 Å². The molecular weight excluding hydrogens is 455 g/mol. The molecule has 0 aromatic heterocycles. The zero-order chi connectivity index (χ0) is 25.1. The monoisotopic (exact) mass is 486 g/mol. The first kappa shape index (κ1) is 24.1. The van der Waals surface area contributed by atoms with Crippen LogP contribution in [0.25, 0.3) is 16.7 Å². The second-order valence-corrected chi connectivity index (χ2v) is 9.75. The minimum Gasteiger partial charge on any atom is -0.497 e. The van der Waals surface area contributed by atoms with Gasteiger partial charge < -0.3 is 14.6 Å². The Kier molecular flexibility index (Phi) is 7.08. The Morgan fingerprint density at radius 3 is 2.61 bits per heavy atom. The van der Waals surface area contributed by atoms with Gasteiger partial charge >= 0.3 is 5.97 Å². The van der Waals surface area contributed by atoms with E-state index in [4.69, 9.17) is 9.47 Å². The molecule has 1 N–H and O–H groups in total. The lowest BCUT2D eigenvalue weighted by Crippen LogP contribution is -2.08. The third kappa shape index (κ3) is 5.46. The first-order chi connectivity index (χ1) is 17.5. The van der Waals surface area contributed by atoms with Crippen molar-refractivity contribution in [2.45, 2.75) is 51.0 Å². The molecule has 1 atom stereocenters. The summed E-state index contributed by atoms with van der Waals surface area (Å²) in [5, 5.41) is 9.34. The lowest BCUT2D eigenvalue weighted by molar-refractivity contribution is -0.137. The van der Waals surface area contributed by atoms with Gasteiger partial charge in [0.2, 0.25) is 0 Å². The summed E-state index contributed by atoms with van der Waals surface area (Å²) in [6.45, 7) is 0.373. The van der Waals surface area contributed by atoms with Crippen LogP contribution in [0.2, 0.25) is 0 Å². The van der Waals surface area contributed by atoms with E-state index in [2.05, 4.69) is 12.1 Å². The largest absolute Gasteiger partial charge is 0.497 e. The van der Waals surface area contributed by atoms with Crippen LogP contribution < -0.4 is 9.47 Å². The van der Waals surface area contributed by atoms with Crippen LogP contribution in [0, 0.1) is 11.7 Å². The van der Waals surface area contributed by atoms with E-state index in [-0.39, 0.29) is 18.2 Å². The highest BCUT2D eigenvalue weighted by Crippen LogP contribution is 2.45. The summed E-state index contributed by atoms with van der Waals surface area (Å²) in [4.78, 5) is 11.4. The van der Waals surface area contributed by atoms with Crippen LogP contribution in [0.1, 0.15) is 61.1 Å². The molecule has 0 unspecified atom stereocenters. The van der Waals surface area contributed by atoms with Gasteiger partial charge in [0, 0.05) is 5.56 Å². The molecule has 0 radical (unpaired) electrons. The molecule has 3 aromatic rings. The van der Waals surface area contributed by atoms with Crippen molar-refractivity contribution < 1.29 is 23.8 Å². The van der Waals surface area contributed by atoms with Crippen LogP contribution in [0.15, 0.2) is 66.7 Å². The Morgan fingerprint density at radius 2 is 1.89 bits per heavy atom. The number of carboxylic acids is 1. The summed E-state index contributed by atoms with van der Waals surface area (Å²) in [5.41, 5.74) is 5.67. The number of carbonyl (C=O) groups is 1. The van der Waals surface area contributed by atoms with E-state index in [1.165, 1.54) is 11.6 Å². The number of hydrogen-bond donors (Lipinski definition) is 1. The van der Waals surface area contributed by atoms with Crippen molar-refractivity contribution in [2.24, 2.45) is 5.92 Å². The topological polar surface area (TPSA) is 55.8 Å². The van der Waals surface area contributed by atoms with E-state index in [0.29, 0.717) is 23.8 Å². The fourth-order valence-electron chi connectivity index (χ4n) is 5.18. The third-order valence-corrected chi connectivity index (χ3v) is 7.21. The predicted octanol–water partition coefficient (Wildman–Crippen LogP) is 7.62. The van der Waals surface area contributed by atoms with Gasteiger partial charge in [-0.05, 0) is 108 Å². The first-order valence-electron chi connectivity index (χ1n) is 12.6.